The Kier molecular flexibility index (Phi) is 4.08. The molecule has 0 spiro atoms. The van der Waals surface area contributed by atoms with Gasteiger partial charge in [0.05, 0.1) is 12.0 Å². The van der Waals surface area contributed by atoms with E-state index in [1.165, 1.54) is 12.1 Å². The second kappa shape index (κ2) is 6.02. The number of carboxylic acids is 1. The van der Waals surface area contributed by atoms with Crippen LogP contribution in [-0.2, 0) is 9.59 Å². The molecule has 118 valence electrons. The van der Waals surface area contributed by atoms with E-state index in [0.29, 0.717) is 13.1 Å². The lowest BCUT2D eigenvalue weighted by molar-refractivity contribution is -0.141. The van der Waals surface area contributed by atoms with Crippen LogP contribution >= 0.6 is 0 Å². The van der Waals surface area contributed by atoms with Crippen LogP contribution in [0.3, 0.4) is 0 Å². The molecule has 3 unspecified atom stereocenters. The van der Waals surface area contributed by atoms with Crippen molar-refractivity contribution in [1.82, 2.24) is 15.8 Å². The molecule has 3 atom stereocenters. The molecule has 0 radical (unpaired) electrons. The van der Waals surface area contributed by atoms with Crippen molar-refractivity contribution in [2.75, 3.05) is 19.6 Å². The third-order valence-electron chi connectivity index (χ3n) is 4.34. The Morgan fingerprint density at radius 3 is 2.73 bits per heavy atom. The maximum atomic E-state index is 13.0. The number of halogens is 1. The van der Waals surface area contributed by atoms with Gasteiger partial charge in [-0.3, -0.25) is 15.0 Å². The van der Waals surface area contributed by atoms with E-state index < -0.39 is 11.9 Å². The summed E-state index contributed by atoms with van der Waals surface area (Å²) >= 11 is 0. The zero-order valence-corrected chi connectivity index (χ0v) is 12.0. The molecule has 1 amide bonds. The molecule has 1 aromatic carbocycles. The van der Waals surface area contributed by atoms with Gasteiger partial charge in [0.1, 0.15) is 5.82 Å². The average molecular weight is 307 g/mol. The largest absolute Gasteiger partial charge is 0.481 e. The summed E-state index contributed by atoms with van der Waals surface area (Å²) < 4.78 is 13.0. The number of benzene rings is 1. The Balaban J connectivity index is 1.68. The summed E-state index contributed by atoms with van der Waals surface area (Å²) in [6, 6.07) is 6.23. The highest BCUT2D eigenvalue weighted by molar-refractivity contribution is 5.86. The van der Waals surface area contributed by atoms with Crippen LogP contribution in [0.5, 0.6) is 0 Å². The molecule has 2 fully saturated rings. The highest BCUT2D eigenvalue weighted by Crippen LogP contribution is 2.28. The number of likely N-dealkylation sites (tertiary alicyclic amines) is 1. The minimum absolute atomic E-state index is 0.0303. The fourth-order valence-electron chi connectivity index (χ4n) is 3.13. The van der Waals surface area contributed by atoms with Crippen molar-refractivity contribution >= 4 is 11.9 Å². The highest BCUT2D eigenvalue weighted by Gasteiger charge is 2.38. The van der Waals surface area contributed by atoms with Crippen LogP contribution in [0.25, 0.3) is 0 Å². The quantitative estimate of drug-likeness (QED) is 0.756. The van der Waals surface area contributed by atoms with Crippen molar-refractivity contribution in [2.45, 2.75) is 12.5 Å². The maximum Gasteiger partial charge on any atom is 0.308 e. The maximum absolute atomic E-state index is 13.0. The molecule has 6 nitrogen and oxygen atoms in total. The van der Waals surface area contributed by atoms with Crippen LogP contribution in [-0.4, -0.2) is 41.5 Å². The Hall–Kier alpha value is -1.99. The first-order valence-electron chi connectivity index (χ1n) is 7.29. The first kappa shape index (κ1) is 14.9. The Bertz CT molecular complexity index is 578. The van der Waals surface area contributed by atoms with Crippen LogP contribution in [0, 0.1) is 17.7 Å². The predicted molar refractivity (Wildman–Crippen MR) is 76.1 cm³/mol. The van der Waals surface area contributed by atoms with E-state index in [9.17, 15) is 14.0 Å². The first-order valence-corrected chi connectivity index (χ1v) is 7.29. The lowest BCUT2D eigenvalue weighted by Crippen LogP contribution is -2.34. The van der Waals surface area contributed by atoms with Crippen molar-refractivity contribution in [3.63, 3.8) is 0 Å². The number of carboxylic acid groups (broad SMARTS) is 1. The van der Waals surface area contributed by atoms with Crippen LogP contribution in [0.1, 0.15) is 18.0 Å². The fourth-order valence-corrected chi connectivity index (χ4v) is 3.13. The van der Waals surface area contributed by atoms with Crippen LogP contribution in [0.15, 0.2) is 24.3 Å². The Morgan fingerprint density at radius 1 is 1.36 bits per heavy atom. The van der Waals surface area contributed by atoms with Crippen LogP contribution < -0.4 is 10.9 Å². The van der Waals surface area contributed by atoms with Crippen molar-refractivity contribution < 1.29 is 19.1 Å². The van der Waals surface area contributed by atoms with Gasteiger partial charge in [0.25, 0.3) is 0 Å². The summed E-state index contributed by atoms with van der Waals surface area (Å²) in [6.07, 6.45) is 0.0735. The van der Waals surface area contributed by atoms with E-state index in [-0.39, 0.29) is 36.6 Å². The van der Waals surface area contributed by atoms with E-state index in [2.05, 4.69) is 10.9 Å². The molecule has 0 saturated carbocycles. The molecular weight excluding hydrogens is 289 g/mol. The second-order valence-corrected chi connectivity index (χ2v) is 5.85. The number of aliphatic carboxylic acids is 1. The average Bonchev–Trinajstić information content (AvgIpc) is 3.08. The normalized spacial score (nSPS) is 28.3. The second-order valence-electron chi connectivity index (χ2n) is 5.85. The lowest BCUT2D eigenvalue weighted by Gasteiger charge is -2.24. The van der Waals surface area contributed by atoms with E-state index in [4.69, 9.17) is 5.11 Å². The van der Waals surface area contributed by atoms with Crippen LogP contribution in [0.2, 0.25) is 0 Å². The number of carbonyl (C=O) groups excluding carboxylic acids is 1. The summed E-state index contributed by atoms with van der Waals surface area (Å²) in [4.78, 5) is 24.6. The molecule has 1 aromatic rings. The van der Waals surface area contributed by atoms with Crippen molar-refractivity contribution in [3.8, 4) is 0 Å². The van der Waals surface area contributed by atoms with Gasteiger partial charge in [-0.2, -0.15) is 0 Å². The zero-order chi connectivity index (χ0) is 15.7. The molecule has 2 saturated heterocycles. The van der Waals surface area contributed by atoms with Crippen molar-refractivity contribution in [1.29, 1.82) is 0 Å². The van der Waals surface area contributed by atoms with Gasteiger partial charge in [0.15, 0.2) is 0 Å². The van der Waals surface area contributed by atoms with Crippen LogP contribution in [0.4, 0.5) is 4.39 Å². The smallest absolute Gasteiger partial charge is 0.308 e. The summed E-state index contributed by atoms with van der Waals surface area (Å²) in [6.45, 7) is 1.43. The standard InChI is InChI=1S/C15H18FN3O3/c16-12-3-1-9(2-4-12)14-11(6-17-18-14)8-19-7-10(15(21)22)5-13(19)20/h1-4,10-11,14,17-18H,5-8H2,(H,21,22). The monoisotopic (exact) mass is 307 g/mol. The number of hydrogen-bond donors (Lipinski definition) is 3. The number of amides is 1. The fraction of sp³-hybridized carbons (Fsp3) is 0.467. The Morgan fingerprint density at radius 2 is 2.09 bits per heavy atom. The lowest BCUT2D eigenvalue weighted by atomic mass is 9.94. The minimum atomic E-state index is -0.923. The summed E-state index contributed by atoms with van der Waals surface area (Å²) in [5.41, 5.74) is 7.14. The van der Waals surface area contributed by atoms with Gasteiger partial charge in [-0.05, 0) is 17.7 Å². The molecule has 0 aliphatic carbocycles. The molecule has 0 bridgehead atoms. The van der Waals surface area contributed by atoms with E-state index >= 15 is 0 Å². The minimum Gasteiger partial charge on any atom is -0.481 e. The predicted octanol–water partition coefficient (Wildman–Crippen LogP) is 0.524. The molecule has 2 aliphatic heterocycles. The summed E-state index contributed by atoms with van der Waals surface area (Å²) in [5.74, 6) is -1.82. The Labute approximate surface area is 127 Å². The number of hydrogen-bond acceptors (Lipinski definition) is 4. The molecular formula is C15H18FN3O3. The van der Waals surface area contributed by atoms with Gasteiger partial charge in [-0.1, -0.05) is 12.1 Å². The number of nitrogens with one attached hydrogen (secondary N) is 2. The molecule has 2 heterocycles. The van der Waals surface area contributed by atoms with Gasteiger partial charge in [-0.15, -0.1) is 0 Å². The van der Waals surface area contributed by atoms with Gasteiger partial charge >= 0.3 is 5.97 Å². The topological polar surface area (TPSA) is 81.7 Å². The molecule has 7 heteroatoms. The number of hydrazine groups is 1. The van der Waals surface area contributed by atoms with Gasteiger partial charge in [-0.25, -0.2) is 9.82 Å². The third-order valence-corrected chi connectivity index (χ3v) is 4.34. The number of carbonyl (C=O) groups is 2. The van der Waals surface area contributed by atoms with E-state index in [1.54, 1.807) is 17.0 Å². The van der Waals surface area contributed by atoms with E-state index in [1.807, 2.05) is 0 Å². The van der Waals surface area contributed by atoms with Gasteiger partial charge in [0.2, 0.25) is 5.91 Å². The number of nitrogens with zero attached hydrogens (tertiary/aromatic N) is 1. The SMILES string of the molecule is O=C(O)C1CC(=O)N(CC2CNNC2c2ccc(F)cc2)C1. The van der Waals surface area contributed by atoms with Crippen molar-refractivity contribution in [2.24, 2.45) is 11.8 Å². The molecule has 22 heavy (non-hydrogen) atoms. The first-order chi connectivity index (χ1) is 10.5. The number of rotatable bonds is 4. The van der Waals surface area contributed by atoms with Gasteiger partial charge < -0.3 is 10.0 Å². The highest BCUT2D eigenvalue weighted by atomic mass is 19.1. The molecule has 3 N–H and O–H groups in total. The summed E-state index contributed by atoms with van der Waals surface area (Å²) in [5, 5.41) is 9.03. The van der Waals surface area contributed by atoms with Gasteiger partial charge in [0, 0.05) is 32.0 Å². The molecule has 2 aliphatic rings. The zero-order valence-electron chi connectivity index (χ0n) is 12.0. The molecule has 0 aromatic heterocycles. The molecule has 3 rings (SSSR count). The van der Waals surface area contributed by atoms with Crippen molar-refractivity contribution in [3.05, 3.63) is 35.6 Å². The summed E-state index contributed by atoms with van der Waals surface area (Å²) in [7, 11) is 0. The third kappa shape index (κ3) is 2.95. The van der Waals surface area contributed by atoms with E-state index in [0.717, 1.165) is 5.56 Å².